The van der Waals surface area contributed by atoms with Crippen LogP contribution in [-0.4, -0.2) is 5.66 Å². The van der Waals surface area contributed by atoms with E-state index in [4.69, 9.17) is 0 Å². The summed E-state index contributed by atoms with van der Waals surface area (Å²) in [5, 5.41) is 0. The van der Waals surface area contributed by atoms with E-state index in [-0.39, 0.29) is 17.0 Å². The van der Waals surface area contributed by atoms with Crippen LogP contribution in [0.3, 0.4) is 0 Å². The van der Waals surface area contributed by atoms with Gasteiger partial charge in [-0.1, -0.05) is 39.5 Å². The number of hydrogen-bond acceptors (Lipinski definition) is 0. The Morgan fingerprint density at radius 2 is 1.36 bits per heavy atom. The Labute approximate surface area is 84.5 Å². The summed E-state index contributed by atoms with van der Waals surface area (Å²) < 4.78 is 0. The first kappa shape index (κ1) is 14.4. The Hall–Kier alpha value is 0.910. The molecule has 1 unspecified atom stereocenters. The van der Waals surface area contributed by atoms with Crippen molar-refractivity contribution in [3.8, 4) is 0 Å². The molecule has 0 aromatic rings. The van der Waals surface area contributed by atoms with Gasteiger partial charge in [0.15, 0.2) is 0 Å². The molecule has 1 atom stereocenters. The molecule has 0 aliphatic carbocycles. The van der Waals surface area contributed by atoms with Gasteiger partial charge in [0.25, 0.3) is 0 Å². The second-order valence-electron chi connectivity index (χ2n) is 3.04. The predicted molar refractivity (Wildman–Crippen MR) is 62.9 cm³/mol. The Balaban J connectivity index is 0. The lowest BCUT2D eigenvalue weighted by Crippen LogP contribution is -1.96. The molecule has 0 saturated carbocycles. The van der Waals surface area contributed by atoms with Crippen molar-refractivity contribution in [2.75, 3.05) is 0 Å². The third-order valence-corrected chi connectivity index (χ3v) is 2.52. The predicted octanol–water partition coefficient (Wildman–Crippen LogP) is 4.19. The normalized spacial score (nSPS) is 9.82. The molecule has 0 nitrogen and oxygen atoms in total. The van der Waals surface area contributed by atoms with Crippen molar-refractivity contribution in [3.63, 3.8) is 0 Å². The van der Waals surface area contributed by atoms with E-state index in [0.717, 1.165) is 5.66 Å². The molecule has 0 amide bonds. The van der Waals surface area contributed by atoms with Gasteiger partial charge in [0, 0.05) is 0 Å². The maximum atomic E-state index is 2.96. The van der Waals surface area contributed by atoms with Crippen LogP contribution in [0.4, 0.5) is 0 Å². The van der Waals surface area contributed by atoms with Gasteiger partial charge in [0.1, 0.15) is 0 Å². The van der Waals surface area contributed by atoms with Crippen LogP contribution in [0.25, 0.3) is 0 Å². The zero-order chi connectivity index (χ0) is 7.82. The highest BCUT2D eigenvalue weighted by Crippen LogP contribution is 2.16. The average molecular weight is 241 g/mol. The molecular formula is C9H22BrP. The molecule has 0 aromatic carbocycles. The van der Waals surface area contributed by atoms with Gasteiger partial charge in [-0.3, -0.25) is 0 Å². The number of rotatable bonds is 6. The van der Waals surface area contributed by atoms with Crippen LogP contribution >= 0.6 is 26.2 Å². The average Bonchev–Trinajstić information content (AvgIpc) is 1.97. The molecule has 0 fully saturated rings. The fraction of sp³-hybridized carbons (Fsp3) is 1.00. The number of hydrogen-bond donors (Lipinski definition) is 0. The SMILES string of the molecule is Br.CCCCC(P)CCCC. The lowest BCUT2D eigenvalue weighted by molar-refractivity contribution is 0.615. The molecule has 0 bridgehead atoms. The van der Waals surface area contributed by atoms with E-state index in [1.54, 1.807) is 0 Å². The van der Waals surface area contributed by atoms with Crippen molar-refractivity contribution in [1.29, 1.82) is 0 Å². The highest BCUT2D eigenvalue weighted by Gasteiger charge is 1.98. The van der Waals surface area contributed by atoms with Crippen LogP contribution in [0.2, 0.25) is 0 Å². The smallest absolute Gasteiger partial charge is 0.0264 e. The van der Waals surface area contributed by atoms with Crippen LogP contribution < -0.4 is 0 Å². The van der Waals surface area contributed by atoms with Crippen LogP contribution in [0.1, 0.15) is 52.4 Å². The summed E-state index contributed by atoms with van der Waals surface area (Å²) in [4.78, 5) is 0. The molecule has 0 aromatic heterocycles. The van der Waals surface area contributed by atoms with E-state index in [2.05, 4.69) is 23.1 Å². The molecule has 2 heteroatoms. The molecule has 0 saturated heterocycles. The molecule has 0 spiro atoms. The quantitative estimate of drug-likeness (QED) is 0.611. The summed E-state index contributed by atoms with van der Waals surface area (Å²) >= 11 is 0. The molecule has 0 rings (SSSR count). The Bertz CT molecular complexity index is 58.6. The van der Waals surface area contributed by atoms with Gasteiger partial charge in [0.05, 0.1) is 0 Å². The summed E-state index contributed by atoms with van der Waals surface area (Å²) in [6.45, 7) is 4.52. The Morgan fingerprint density at radius 1 is 1.00 bits per heavy atom. The third-order valence-electron chi connectivity index (χ3n) is 1.86. The van der Waals surface area contributed by atoms with Gasteiger partial charge in [-0.25, -0.2) is 0 Å². The number of halogens is 1. The zero-order valence-electron chi connectivity index (χ0n) is 7.81. The van der Waals surface area contributed by atoms with Crippen molar-refractivity contribution in [1.82, 2.24) is 0 Å². The second kappa shape index (κ2) is 10.9. The van der Waals surface area contributed by atoms with Gasteiger partial charge in [-0.05, 0) is 18.5 Å². The highest BCUT2D eigenvalue weighted by molar-refractivity contribution is 8.93. The van der Waals surface area contributed by atoms with Crippen molar-refractivity contribution in [2.24, 2.45) is 0 Å². The van der Waals surface area contributed by atoms with E-state index in [1.165, 1.54) is 38.5 Å². The minimum Gasteiger partial charge on any atom is -0.134 e. The Morgan fingerprint density at radius 3 is 1.64 bits per heavy atom. The molecular weight excluding hydrogens is 219 g/mol. The standard InChI is InChI=1S/C9H21P.BrH/c1-3-5-7-9(10)8-6-4-2;/h9H,3-8,10H2,1-2H3;1H. The molecule has 0 aliphatic heterocycles. The topological polar surface area (TPSA) is 0 Å². The van der Waals surface area contributed by atoms with Crippen molar-refractivity contribution < 1.29 is 0 Å². The fourth-order valence-corrected chi connectivity index (χ4v) is 1.55. The van der Waals surface area contributed by atoms with Crippen LogP contribution in [0.5, 0.6) is 0 Å². The highest BCUT2D eigenvalue weighted by atomic mass is 79.9. The molecule has 0 aliphatic rings. The lowest BCUT2D eigenvalue weighted by atomic mass is 10.1. The first-order valence-electron chi connectivity index (χ1n) is 4.56. The van der Waals surface area contributed by atoms with E-state index in [9.17, 15) is 0 Å². The maximum Gasteiger partial charge on any atom is -0.0264 e. The third kappa shape index (κ3) is 10.9. The largest absolute Gasteiger partial charge is 0.134 e. The second-order valence-corrected chi connectivity index (χ2v) is 3.99. The Kier molecular flexibility index (Phi) is 14.3. The van der Waals surface area contributed by atoms with E-state index in [0.29, 0.717) is 0 Å². The van der Waals surface area contributed by atoms with Crippen molar-refractivity contribution in [2.45, 2.75) is 58.0 Å². The summed E-state index contributed by atoms with van der Waals surface area (Å²) in [5.74, 6) is 0. The zero-order valence-corrected chi connectivity index (χ0v) is 10.7. The first-order valence-corrected chi connectivity index (χ1v) is 5.23. The molecule has 11 heavy (non-hydrogen) atoms. The maximum absolute atomic E-state index is 2.96. The minimum absolute atomic E-state index is 0. The van der Waals surface area contributed by atoms with Gasteiger partial charge >= 0.3 is 0 Å². The fourth-order valence-electron chi connectivity index (χ4n) is 1.08. The van der Waals surface area contributed by atoms with Gasteiger partial charge < -0.3 is 0 Å². The van der Waals surface area contributed by atoms with E-state index in [1.807, 2.05) is 0 Å². The van der Waals surface area contributed by atoms with Crippen molar-refractivity contribution >= 4 is 26.2 Å². The van der Waals surface area contributed by atoms with Crippen LogP contribution in [0, 0.1) is 0 Å². The molecule has 0 heterocycles. The van der Waals surface area contributed by atoms with Crippen molar-refractivity contribution in [3.05, 3.63) is 0 Å². The summed E-state index contributed by atoms with van der Waals surface area (Å²) in [6, 6.07) is 0. The minimum atomic E-state index is 0. The van der Waals surface area contributed by atoms with Crippen LogP contribution in [-0.2, 0) is 0 Å². The molecule has 0 N–H and O–H groups in total. The summed E-state index contributed by atoms with van der Waals surface area (Å²) in [5.41, 5.74) is 0.889. The van der Waals surface area contributed by atoms with E-state index >= 15 is 0 Å². The summed E-state index contributed by atoms with van der Waals surface area (Å²) in [7, 11) is 2.96. The van der Waals surface area contributed by atoms with Gasteiger partial charge in [0.2, 0.25) is 0 Å². The monoisotopic (exact) mass is 240 g/mol. The number of unbranched alkanes of at least 4 members (excludes halogenated alkanes) is 2. The molecule has 70 valence electrons. The van der Waals surface area contributed by atoms with Gasteiger partial charge in [-0.15, -0.1) is 26.2 Å². The van der Waals surface area contributed by atoms with E-state index < -0.39 is 0 Å². The lowest BCUT2D eigenvalue weighted by Gasteiger charge is -2.08. The first-order chi connectivity index (χ1) is 4.81. The molecule has 0 radical (unpaired) electrons. The van der Waals surface area contributed by atoms with Crippen LogP contribution in [0.15, 0.2) is 0 Å². The summed E-state index contributed by atoms with van der Waals surface area (Å²) in [6.07, 6.45) is 8.30. The van der Waals surface area contributed by atoms with Gasteiger partial charge in [-0.2, -0.15) is 0 Å².